The van der Waals surface area contributed by atoms with Gasteiger partial charge in [0.1, 0.15) is 18.1 Å². The molecule has 0 saturated carbocycles. The van der Waals surface area contributed by atoms with Crippen molar-refractivity contribution in [1.82, 2.24) is 9.80 Å². The number of aliphatic hydroxyl groups excluding tert-OH is 1. The van der Waals surface area contributed by atoms with Crippen molar-refractivity contribution in [3.05, 3.63) is 88.0 Å². The van der Waals surface area contributed by atoms with Gasteiger partial charge in [-0.05, 0) is 42.0 Å². The molecule has 10 heteroatoms. The van der Waals surface area contributed by atoms with Gasteiger partial charge in [0.2, 0.25) is 0 Å². The molecule has 2 fully saturated rings. The van der Waals surface area contributed by atoms with Crippen LogP contribution < -0.4 is 4.74 Å². The first-order chi connectivity index (χ1) is 17.4. The summed E-state index contributed by atoms with van der Waals surface area (Å²) in [5, 5.41) is 22.3. The van der Waals surface area contributed by atoms with E-state index in [1.807, 2.05) is 0 Å². The lowest BCUT2D eigenvalue weighted by Crippen LogP contribution is -2.42. The Balaban J connectivity index is 1.70. The molecule has 0 bridgehead atoms. The molecule has 1 atom stereocenters. The van der Waals surface area contributed by atoms with Gasteiger partial charge in [0, 0.05) is 43.9 Å². The molecule has 4 rings (SSSR count). The van der Waals surface area contributed by atoms with Crippen LogP contribution >= 0.6 is 0 Å². The van der Waals surface area contributed by atoms with Crippen LogP contribution in [0.25, 0.3) is 5.76 Å². The standard InChI is InChI=1S/C26H27N3O7/c1-2-15-36-21-9-5-19(6-10-21)24(30)22-23(18-3-7-20(8-4-18)29(33)34)28(26(32)25(22)31)12-11-27-13-16-35-17-14-27/h2-10,23,30H,1,11-17H2/t23-/m1/s1. The Bertz CT molecular complexity index is 1170. The molecule has 0 radical (unpaired) electrons. The Morgan fingerprint density at radius 1 is 1.11 bits per heavy atom. The number of rotatable bonds is 9. The maximum atomic E-state index is 13.2. The Kier molecular flexibility index (Phi) is 7.77. The van der Waals surface area contributed by atoms with E-state index in [1.54, 1.807) is 30.3 Å². The third-order valence-electron chi connectivity index (χ3n) is 6.22. The van der Waals surface area contributed by atoms with E-state index in [9.17, 15) is 24.8 Å². The fourth-order valence-corrected chi connectivity index (χ4v) is 4.33. The van der Waals surface area contributed by atoms with E-state index in [0.29, 0.717) is 56.3 Å². The summed E-state index contributed by atoms with van der Waals surface area (Å²) in [5.74, 6) is -1.28. The number of hydrogen-bond donors (Lipinski definition) is 1. The molecule has 2 aromatic rings. The van der Waals surface area contributed by atoms with Crippen molar-refractivity contribution in [3.8, 4) is 5.75 Å². The number of carbonyl (C=O) groups is 2. The predicted molar refractivity (Wildman–Crippen MR) is 131 cm³/mol. The first-order valence-corrected chi connectivity index (χ1v) is 11.6. The monoisotopic (exact) mass is 493 g/mol. The minimum Gasteiger partial charge on any atom is -0.507 e. The van der Waals surface area contributed by atoms with Gasteiger partial charge in [-0.2, -0.15) is 0 Å². The van der Waals surface area contributed by atoms with Crippen molar-refractivity contribution in [2.45, 2.75) is 6.04 Å². The Labute approximate surface area is 208 Å². The fraction of sp³-hybridized carbons (Fsp3) is 0.308. The largest absolute Gasteiger partial charge is 0.507 e. The molecule has 2 heterocycles. The van der Waals surface area contributed by atoms with Crippen LogP contribution in [0, 0.1) is 10.1 Å². The van der Waals surface area contributed by atoms with Crippen LogP contribution in [-0.4, -0.2) is 77.5 Å². The maximum Gasteiger partial charge on any atom is 0.295 e. The molecule has 1 N–H and O–H groups in total. The number of non-ortho nitro benzene ring substituents is 1. The number of carbonyl (C=O) groups excluding carboxylic acids is 2. The normalized spacial score (nSPS) is 19.9. The van der Waals surface area contributed by atoms with Crippen LogP contribution in [0.3, 0.4) is 0 Å². The predicted octanol–water partition coefficient (Wildman–Crippen LogP) is 2.91. The topological polar surface area (TPSA) is 122 Å². The van der Waals surface area contributed by atoms with E-state index in [4.69, 9.17) is 9.47 Å². The van der Waals surface area contributed by atoms with Crippen LogP contribution in [0.5, 0.6) is 5.75 Å². The third kappa shape index (κ3) is 5.29. The number of ether oxygens (including phenoxy) is 2. The zero-order chi connectivity index (χ0) is 25.7. The van der Waals surface area contributed by atoms with Crippen molar-refractivity contribution >= 4 is 23.1 Å². The molecule has 0 aromatic heterocycles. The molecular formula is C26H27N3O7. The van der Waals surface area contributed by atoms with Gasteiger partial charge >= 0.3 is 0 Å². The molecule has 2 aliphatic heterocycles. The van der Waals surface area contributed by atoms with Crippen molar-refractivity contribution in [3.63, 3.8) is 0 Å². The lowest BCUT2D eigenvalue weighted by molar-refractivity contribution is -0.384. The summed E-state index contributed by atoms with van der Waals surface area (Å²) in [6.07, 6.45) is 1.61. The Hall–Kier alpha value is -4.02. The molecule has 2 saturated heterocycles. The van der Waals surface area contributed by atoms with Crippen LogP contribution in [0.4, 0.5) is 5.69 Å². The van der Waals surface area contributed by atoms with E-state index in [0.717, 1.165) is 0 Å². The average Bonchev–Trinajstić information content (AvgIpc) is 3.16. The molecule has 1 amide bonds. The SMILES string of the molecule is C=CCOc1ccc(C(O)=C2C(=O)C(=O)N(CCN3CCOCC3)[C@@H]2c2ccc([N+](=O)[O-])cc2)cc1. The zero-order valence-corrected chi connectivity index (χ0v) is 19.7. The van der Waals surface area contributed by atoms with Gasteiger partial charge in [-0.3, -0.25) is 24.6 Å². The lowest BCUT2D eigenvalue weighted by Gasteiger charge is -2.31. The number of nitro benzene ring substituents is 1. The summed E-state index contributed by atoms with van der Waals surface area (Å²) < 4.78 is 10.8. The van der Waals surface area contributed by atoms with Crippen molar-refractivity contribution in [2.75, 3.05) is 46.0 Å². The minimum atomic E-state index is -0.886. The van der Waals surface area contributed by atoms with Crippen molar-refractivity contribution in [1.29, 1.82) is 0 Å². The van der Waals surface area contributed by atoms with Gasteiger partial charge in [-0.25, -0.2) is 0 Å². The number of aliphatic hydroxyl groups is 1. The number of nitro groups is 1. The van der Waals surface area contributed by atoms with Gasteiger partial charge < -0.3 is 19.5 Å². The molecular weight excluding hydrogens is 466 g/mol. The van der Waals surface area contributed by atoms with Crippen LogP contribution in [0.1, 0.15) is 17.2 Å². The smallest absolute Gasteiger partial charge is 0.295 e. The maximum absolute atomic E-state index is 13.2. The number of nitrogens with zero attached hydrogens (tertiary/aromatic N) is 3. The summed E-state index contributed by atoms with van der Waals surface area (Å²) in [7, 11) is 0. The second-order valence-electron chi connectivity index (χ2n) is 8.42. The average molecular weight is 494 g/mol. The molecule has 2 aliphatic rings. The van der Waals surface area contributed by atoms with Gasteiger partial charge in [0.25, 0.3) is 17.4 Å². The van der Waals surface area contributed by atoms with Crippen LogP contribution in [0.15, 0.2) is 66.8 Å². The van der Waals surface area contributed by atoms with Gasteiger partial charge in [0.15, 0.2) is 0 Å². The van der Waals surface area contributed by atoms with Gasteiger partial charge in [0.05, 0.1) is 29.8 Å². The number of ketones is 1. The van der Waals surface area contributed by atoms with Crippen molar-refractivity contribution < 1.29 is 29.1 Å². The molecule has 188 valence electrons. The molecule has 2 aromatic carbocycles. The number of morpholine rings is 1. The van der Waals surface area contributed by atoms with E-state index in [1.165, 1.54) is 29.2 Å². The molecule has 36 heavy (non-hydrogen) atoms. The Morgan fingerprint density at radius 3 is 2.39 bits per heavy atom. The quantitative estimate of drug-likeness (QED) is 0.141. The number of amides is 1. The summed E-state index contributed by atoms with van der Waals surface area (Å²) in [6, 6.07) is 11.3. The fourth-order valence-electron chi connectivity index (χ4n) is 4.33. The highest BCUT2D eigenvalue weighted by atomic mass is 16.6. The van der Waals surface area contributed by atoms with E-state index >= 15 is 0 Å². The van der Waals surface area contributed by atoms with Crippen molar-refractivity contribution in [2.24, 2.45) is 0 Å². The number of benzene rings is 2. The second kappa shape index (κ2) is 11.1. The van der Waals surface area contributed by atoms with E-state index < -0.39 is 22.7 Å². The summed E-state index contributed by atoms with van der Waals surface area (Å²) >= 11 is 0. The van der Waals surface area contributed by atoms with Crippen LogP contribution in [0.2, 0.25) is 0 Å². The number of likely N-dealkylation sites (tertiary alicyclic amines) is 1. The number of Topliss-reactive ketones (excluding diaryl/α,β-unsaturated/α-hetero) is 1. The second-order valence-corrected chi connectivity index (χ2v) is 8.42. The van der Waals surface area contributed by atoms with E-state index in [2.05, 4.69) is 11.5 Å². The highest BCUT2D eigenvalue weighted by Gasteiger charge is 2.46. The summed E-state index contributed by atoms with van der Waals surface area (Å²) in [5.41, 5.74) is 0.669. The summed E-state index contributed by atoms with van der Waals surface area (Å²) in [4.78, 5) is 40.4. The van der Waals surface area contributed by atoms with E-state index in [-0.39, 0.29) is 23.6 Å². The minimum absolute atomic E-state index is 0.0596. The molecule has 0 spiro atoms. The first kappa shape index (κ1) is 25.1. The Morgan fingerprint density at radius 2 is 1.78 bits per heavy atom. The molecule has 10 nitrogen and oxygen atoms in total. The highest BCUT2D eigenvalue weighted by Crippen LogP contribution is 2.39. The number of hydrogen-bond acceptors (Lipinski definition) is 8. The first-order valence-electron chi connectivity index (χ1n) is 11.6. The molecule has 0 unspecified atom stereocenters. The van der Waals surface area contributed by atoms with Crippen LogP contribution in [-0.2, 0) is 14.3 Å². The summed E-state index contributed by atoms with van der Waals surface area (Å²) in [6.45, 7) is 7.31. The highest BCUT2D eigenvalue weighted by molar-refractivity contribution is 6.46. The lowest BCUT2D eigenvalue weighted by atomic mass is 9.95. The molecule has 0 aliphatic carbocycles. The third-order valence-corrected chi connectivity index (χ3v) is 6.22. The van der Waals surface area contributed by atoms with Gasteiger partial charge in [-0.1, -0.05) is 12.7 Å². The van der Waals surface area contributed by atoms with Gasteiger partial charge in [-0.15, -0.1) is 0 Å². The zero-order valence-electron chi connectivity index (χ0n) is 19.7.